The molecule has 0 bridgehead atoms. The van der Waals surface area contributed by atoms with Crippen LogP contribution in [0.25, 0.3) is 0 Å². The van der Waals surface area contributed by atoms with E-state index in [1.54, 1.807) is 0 Å². The Bertz CT molecular complexity index is 361. The van der Waals surface area contributed by atoms with Gasteiger partial charge in [-0.05, 0) is 36.9 Å². The van der Waals surface area contributed by atoms with Gasteiger partial charge >= 0.3 is 0 Å². The van der Waals surface area contributed by atoms with E-state index in [1.165, 1.54) is 5.56 Å². The van der Waals surface area contributed by atoms with Gasteiger partial charge < -0.3 is 11.1 Å². The predicted octanol–water partition coefficient (Wildman–Crippen LogP) is 2.88. The lowest BCUT2D eigenvalue weighted by Gasteiger charge is -2.13. The molecular formula is C14H22N2O. The third kappa shape index (κ3) is 4.57. The lowest BCUT2D eigenvalue weighted by atomic mass is 10.0. The predicted molar refractivity (Wildman–Crippen MR) is 72.1 cm³/mol. The summed E-state index contributed by atoms with van der Waals surface area (Å²) in [4.78, 5) is 11.7. The number of hydrogen-bond donors (Lipinski definition) is 2. The summed E-state index contributed by atoms with van der Waals surface area (Å²) in [6, 6.07) is 7.96. The Morgan fingerprint density at radius 1 is 1.29 bits per heavy atom. The number of unbranched alkanes of at least 4 members (excludes halogenated alkanes) is 1. The standard InChI is InChI=1S/C14H22N2O/c1-11(2)12-7-3-4-8-13(12)16-14(17)9-5-6-10-15/h3-4,7-8,11H,5-6,9-10,15H2,1-2H3,(H,16,17). The van der Waals surface area contributed by atoms with Gasteiger partial charge in [-0.25, -0.2) is 0 Å². The van der Waals surface area contributed by atoms with Crippen molar-refractivity contribution in [3.63, 3.8) is 0 Å². The largest absolute Gasteiger partial charge is 0.330 e. The van der Waals surface area contributed by atoms with E-state index < -0.39 is 0 Å². The highest BCUT2D eigenvalue weighted by atomic mass is 16.1. The van der Waals surface area contributed by atoms with Crippen molar-refractivity contribution in [2.75, 3.05) is 11.9 Å². The van der Waals surface area contributed by atoms with E-state index in [0.29, 0.717) is 18.9 Å². The van der Waals surface area contributed by atoms with Crippen LogP contribution in [0.4, 0.5) is 5.69 Å². The summed E-state index contributed by atoms with van der Waals surface area (Å²) in [6.45, 7) is 4.90. The maximum absolute atomic E-state index is 11.7. The fourth-order valence-electron chi connectivity index (χ4n) is 1.76. The van der Waals surface area contributed by atoms with Crippen LogP contribution in [-0.2, 0) is 4.79 Å². The van der Waals surface area contributed by atoms with Crippen LogP contribution in [0.15, 0.2) is 24.3 Å². The molecular weight excluding hydrogens is 212 g/mol. The second-order valence-corrected chi connectivity index (χ2v) is 4.54. The van der Waals surface area contributed by atoms with E-state index in [2.05, 4.69) is 25.2 Å². The van der Waals surface area contributed by atoms with Crippen molar-refractivity contribution in [2.24, 2.45) is 5.73 Å². The molecule has 94 valence electrons. The lowest BCUT2D eigenvalue weighted by molar-refractivity contribution is -0.116. The average Bonchev–Trinajstić information content (AvgIpc) is 2.29. The Hall–Kier alpha value is -1.35. The number of benzene rings is 1. The SMILES string of the molecule is CC(C)c1ccccc1NC(=O)CCCCN. The van der Waals surface area contributed by atoms with Gasteiger partial charge in [0.15, 0.2) is 0 Å². The first-order valence-electron chi connectivity index (χ1n) is 6.24. The molecule has 0 unspecified atom stereocenters. The van der Waals surface area contributed by atoms with Crippen LogP contribution in [-0.4, -0.2) is 12.5 Å². The Morgan fingerprint density at radius 3 is 2.65 bits per heavy atom. The molecule has 0 spiro atoms. The van der Waals surface area contributed by atoms with Crippen molar-refractivity contribution in [1.29, 1.82) is 0 Å². The van der Waals surface area contributed by atoms with E-state index in [1.807, 2.05) is 18.2 Å². The van der Waals surface area contributed by atoms with Crippen molar-refractivity contribution >= 4 is 11.6 Å². The summed E-state index contributed by atoms with van der Waals surface area (Å²) >= 11 is 0. The first kappa shape index (κ1) is 13.7. The zero-order valence-corrected chi connectivity index (χ0v) is 10.7. The first-order valence-corrected chi connectivity index (χ1v) is 6.24. The van der Waals surface area contributed by atoms with Gasteiger partial charge in [-0.1, -0.05) is 32.0 Å². The Kier molecular flexibility index (Phi) is 5.70. The summed E-state index contributed by atoms with van der Waals surface area (Å²) in [5.41, 5.74) is 7.51. The fraction of sp³-hybridized carbons (Fsp3) is 0.500. The lowest BCUT2D eigenvalue weighted by Crippen LogP contribution is -2.13. The van der Waals surface area contributed by atoms with Crippen LogP contribution in [0.2, 0.25) is 0 Å². The molecule has 1 aromatic rings. The number of anilines is 1. The van der Waals surface area contributed by atoms with Crippen LogP contribution in [0.1, 0.15) is 44.6 Å². The van der Waals surface area contributed by atoms with Gasteiger partial charge in [-0.15, -0.1) is 0 Å². The maximum atomic E-state index is 11.7. The summed E-state index contributed by atoms with van der Waals surface area (Å²) < 4.78 is 0. The molecule has 3 N–H and O–H groups in total. The van der Waals surface area contributed by atoms with Crippen LogP contribution in [0.5, 0.6) is 0 Å². The highest BCUT2D eigenvalue weighted by Gasteiger charge is 2.08. The topological polar surface area (TPSA) is 55.1 Å². The number of carbonyl (C=O) groups excluding carboxylic acids is 1. The zero-order chi connectivity index (χ0) is 12.7. The molecule has 3 heteroatoms. The molecule has 17 heavy (non-hydrogen) atoms. The number of nitrogens with two attached hydrogens (primary N) is 1. The molecule has 3 nitrogen and oxygen atoms in total. The van der Waals surface area contributed by atoms with Gasteiger partial charge in [-0.2, -0.15) is 0 Å². The third-order valence-electron chi connectivity index (χ3n) is 2.71. The summed E-state index contributed by atoms with van der Waals surface area (Å²) in [7, 11) is 0. The van der Waals surface area contributed by atoms with E-state index in [9.17, 15) is 4.79 Å². The van der Waals surface area contributed by atoms with E-state index >= 15 is 0 Å². The molecule has 0 heterocycles. The second-order valence-electron chi connectivity index (χ2n) is 4.54. The Balaban J connectivity index is 2.58. The highest BCUT2D eigenvalue weighted by Crippen LogP contribution is 2.23. The van der Waals surface area contributed by atoms with E-state index in [0.717, 1.165) is 18.5 Å². The second kappa shape index (κ2) is 7.07. The number of para-hydroxylation sites is 1. The number of nitrogens with one attached hydrogen (secondary N) is 1. The molecule has 0 atom stereocenters. The third-order valence-corrected chi connectivity index (χ3v) is 2.71. The quantitative estimate of drug-likeness (QED) is 0.744. The van der Waals surface area contributed by atoms with Crippen molar-refractivity contribution < 1.29 is 4.79 Å². The molecule has 1 aromatic carbocycles. The molecule has 0 aliphatic rings. The number of carbonyl (C=O) groups is 1. The monoisotopic (exact) mass is 234 g/mol. The fourth-order valence-corrected chi connectivity index (χ4v) is 1.76. The van der Waals surface area contributed by atoms with E-state index in [-0.39, 0.29) is 5.91 Å². The molecule has 0 aliphatic carbocycles. The minimum atomic E-state index is 0.0755. The van der Waals surface area contributed by atoms with Crippen LogP contribution < -0.4 is 11.1 Å². The van der Waals surface area contributed by atoms with Gasteiger partial charge in [0.25, 0.3) is 0 Å². The summed E-state index contributed by atoms with van der Waals surface area (Å²) in [5, 5.41) is 2.97. The van der Waals surface area contributed by atoms with E-state index in [4.69, 9.17) is 5.73 Å². The van der Waals surface area contributed by atoms with Gasteiger partial charge in [0, 0.05) is 12.1 Å². The van der Waals surface area contributed by atoms with Crippen molar-refractivity contribution in [3.8, 4) is 0 Å². The van der Waals surface area contributed by atoms with Gasteiger partial charge in [0.2, 0.25) is 5.91 Å². The number of hydrogen-bond acceptors (Lipinski definition) is 2. The molecule has 1 amide bonds. The van der Waals surface area contributed by atoms with Crippen LogP contribution in [0, 0.1) is 0 Å². The Morgan fingerprint density at radius 2 is 2.00 bits per heavy atom. The highest BCUT2D eigenvalue weighted by molar-refractivity contribution is 5.91. The number of amides is 1. The molecule has 0 radical (unpaired) electrons. The van der Waals surface area contributed by atoms with Crippen molar-refractivity contribution in [3.05, 3.63) is 29.8 Å². The smallest absolute Gasteiger partial charge is 0.224 e. The zero-order valence-electron chi connectivity index (χ0n) is 10.7. The molecule has 1 rings (SSSR count). The minimum Gasteiger partial charge on any atom is -0.330 e. The van der Waals surface area contributed by atoms with Crippen LogP contribution >= 0.6 is 0 Å². The summed E-state index contributed by atoms with van der Waals surface area (Å²) in [6.07, 6.45) is 2.30. The van der Waals surface area contributed by atoms with Gasteiger partial charge in [0.05, 0.1) is 0 Å². The van der Waals surface area contributed by atoms with Crippen molar-refractivity contribution in [2.45, 2.75) is 39.0 Å². The molecule has 0 saturated heterocycles. The first-order chi connectivity index (χ1) is 8.15. The molecule has 0 aromatic heterocycles. The van der Waals surface area contributed by atoms with Crippen molar-refractivity contribution in [1.82, 2.24) is 0 Å². The minimum absolute atomic E-state index is 0.0755. The molecule has 0 fully saturated rings. The molecule has 0 saturated carbocycles. The normalized spacial score (nSPS) is 10.6. The van der Waals surface area contributed by atoms with Crippen LogP contribution in [0.3, 0.4) is 0 Å². The summed E-state index contributed by atoms with van der Waals surface area (Å²) in [5.74, 6) is 0.488. The number of rotatable bonds is 6. The van der Waals surface area contributed by atoms with Gasteiger partial charge in [-0.3, -0.25) is 4.79 Å². The van der Waals surface area contributed by atoms with Gasteiger partial charge in [0.1, 0.15) is 0 Å². The molecule has 0 aliphatic heterocycles. The Labute approximate surface area is 103 Å². The average molecular weight is 234 g/mol. The maximum Gasteiger partial charge on any atom is 0.224 e.